The van der Waals surface area contributed by atoms with Crippen LogP contribution in [0.3, 0.4) is 0 Å². The molecule has 1 aliphatic rings. The Labute approximate surface area is 129 Å². The first-order chi connectivity index (χ1) is 9.99. The highest BCUT2D eigenvalue weighted by Crippen LogP contribution is 2.24. The number of carboxylic acid groups (broad SMARTS) is 1. The Bertz CT molecular complexity index is 544. The van der Waals surface area contributed by atoms with Crippen molar-refractivity contribution in [3.05, 3.63) is 34.3 Å². The number of aliphatic carboxylic acids is 1. The van der Waals surface area contributed by atoms with Gasteiger partial charge >= 0.3 is 5.97 Å². The molecule has 1 fully saturated rings. The van der Waals surface area contributed by atoms with E-state index in [1.807, 2.05) is 6.92 Å². The summed E-state index contributed by atoms with van der Waals surface area (Å²) < 4.78 is 0. The molecule has 0 bridgehead atoms. The van der Waals surface area contributed by atoms with Crippen molar-refractivity contribution in [1.82, 2.24) is 5.32 Å². The van der Waals surface area contributed by atoms with Gasteiger partial charge in [-0.3, -0.25) is 9.59 Å². The molecule has 0 unspecified atom stereocenters. The van der Waals surface area contributed by atoms with E-state index in [2.05, 4.69) is 5.32 Å². The van der Waals surface area contributed by atoms with Crippen molar-refractivity contribution in [3.8, 4) is 0 Å². The largest absolute Gasteiger partial charge is 0.481 e. The molecule has 5 heteroatoms. The van der Waals surface area contributed by atoms with E-state index in [9.17, 15) is 14.7 Å². The number of carbonyl (C=O) groups is 2. The summed E-state index contributed by atoms with van der Waals surface area (Å²) in [4.78, 5) is 23.8. The lowest BCUT2D eigenvalue weighted by molar-refractivity contribution is -0.142. The van der Waals surface area contributed by atoms with Crippen LogP contribution in [-0.4, -0.2) is 23.0 Å². The van der Waals surface area contributed by atoms with Gasteiger partial charge in [0.15, 0.2) is 0 Å². The van der Waals surface area contributed by atoms with E-state index < -0.39 is 11.9 Å². The molecule has 2 atom stereocenters. The van der Waals surface area contributed by atoms with Crippen molar-refractivity contribution >= 4 is 23.5 Å². The molecule has 0 spiro atoms. The predicted molar refractivity (Wildman–Crippen MR) is 81.7 cm³/mol. The molecule has 114 valence electrons. The molecule has 0 aromatic heterocycles. The molecular weight excluding hydrogens is 290 g/mol. The maximum Gasteiger partial charge on any atom is 0.308 e. The van der Waals surface area contributed by atoms with Crippen LogP contribution >= 0.6 is 11.6 Å². The van der Waals surface area contributed by atoms with Gasteiger partial charge in [-0.25, -0.2) is 0 Å². The predicted octanol–water partition coefficient (Wildman–Crippen LogP) is 3.41. The van der Waals surface area contributed by atoms with Crippen LogP contribution in [0.4, 0.5) is 0 Å². The molecule has 2 rings (SSSR count). The first kappa shape index (κ1) is 15.8. The van der Waals surface area contributed by atoms with Gasteiger partial charge in [0.25, 0.3) is 5.91 Å². The van der Waals surface area contributed by atoms with Gasteiger partial charge in [-0.1, -0.05) is 30.9 Å². The van der Waals surface area contributed by atoms with Gasteiger partial charge < -0.3 is 10.4 Å². The molecule has 0 heterocycles. The number of hydrogen-bond donors (Lipinski definition) is 2. The van der Waals surface area contributed by atoms with Gasteiger partial charge in [-0.2, -0.15) is 0 Å². The molecule has 1 saturated carbocycles. The zero-order chi connectivity index (χ0) is 15.4. The van der Waals surface area contributed by atoms with Crippen molar-refractivity contribution in [2.24, 2.45) is 5.92 Å². The number of amides is 1. The average molecular weight is 310 g/mol. The van der Waals surface area contributed by atoms with Crippen LogP contribution in [0.2, 0.25) is 5.02 Å². The quantitative estimate of drug-likeness (QED) is 0.841. The van der Waals surface area contributed by atoms with E-state index in [0.717, 1.165) is 31.2 Å². The maximum absolute atomic E-state index is 12.4. The van der Waals surface area contributed by atoms with E-state index in [1.165, 1.54) is 0 Å². The fraction of sp³-hybridized carbons (Fsp3) is 0.500. The van der Waals surface area contributed by atoms with Crippen LogP contribution in [0.25, 0.3) is 0 Å². The lowest BCUT2D eigenvalue weighted by Crippen LogP contribution is -2.43. The summed E-state index contributed by atoms with van der Waals surface area (Å²) in [5, 5.41) is 12.8. The van der Waals surface area contributed by atoms with Gasteiger partial charge in [0.2, 0.25) is 0 Å². The van der Waals surface area contributed by atoms with Crippen molar-refractivity contribution < 1.29 is 14.7 Å². The van der Waals surface area contributed by atoms with Crippen molar-refractivity contribution in [2.75, 3.05) is 0 Å². The minimum absolute atomic E-state index is 0.220. The molecule has 1 amide bonds. The third-order valence-electron chi connectivity index (χ3n) is 4.08. The summed E-state index contributed by atoms with van der Waals surface area (Å²) in [5.74, 6) is -1.54. The highest BCUT2D eigenvalue weighted by Gasteiger charge is 2.30. The second kappa shape index (κ2) is 6.94. The minimum Gasteiger partial charge on any atom is -0.481 e. The molecular formula is C16H20ClNO3. The van der Waals surface area contributed by atoms with E-state index in [1.54, 1.807) is 18.2 Å². The number of halogens is 1. The Balaban J connectivity index is 2.14. The lowest BCUT2D eigenvalue weighted by atomic mass is 9.94. The lowest BCUT2D eigenvalue weighted by Gasteiger charge is -2.23. The van der Waals surface area contributed by atoms with Crippen LogP contribution < -0.4 is 5.32 Å². The molecule has 1 aliphatic carbocycles. The van der Waals surface area contributed by atoms with E-state index >= 15 is 0 Å². The van der Waals surface area contributed by atoms with E-state index in [4.69, 9.17) is 11.6 Å². The summed E-state index contributed by atoms with van der Waals surface area (Å²) >= 11 is 5.89. The Morgan fingerprint density at radius 2 is 1.95 bits per heavy atom. The third kappa shape index (κ3) is 3.97. The van der Waals surface area contributed by atoms with Gasteiger partial charge in [0.1, 0.15) is 0 Å². The van der Waals surface area contributed by atoms with Crippen molar-refractivity contribution in [3.63, 3.8) is 0 Å². The Hall–Kier alpha value is -1.55. The number of hydrogen-bond acceptors (Lipinski definition) is 2. The second-order valence-corrected chi connectivity index (χ2v) is 6.06. The van der Waals surface area contributed by atoms with Crippen molar-refractivity contribution in [2.45, 2.75) is 45.1 Å². The molecule has 4 nitrogen and oxygen atoms in total. The van der Waals surface area contributed by atoms with Gasteiger partial charge in [-0.15, -0.1) is 0 Å². The molecule has 0 radical (unpaired) electrons. The van der Waals surface area contributed by atoms with Gasteiger partial charge in [0.05, 0.1) is 5.92 Å². The first-order valence-electron chi connectivity index (χ1n) is 7.29. The molecule has 0 aliphatic heterocycles. The normalized spacial score (nSPS) is 22.4. The number of carboxylic acids is 1. The van der Waals surface area contributed by atoms with Gasteiger partial charge in [0, 0.05) is 16.6 Å². The number of nitrogens with one attached hydrogen (secondary N) is 1. The van der Waals surface area contributed by atoms with Crippen LogP contribution in [0, 0.1) is 12.8 Å². The number of carbonyl (C=O) groups excluding carboxylic acids is 1. The fourth-order valence-electron chi connectivity index (χ4n) is 2.90. The molecule has 1 aromatic rings. The smallest absolute Gasteiger partial charge is 0.308 e. The fourth-order valence-corrected chi connectivity index (χ4v) is 3.13. The average Bonchev–Trinajstić information content (AvgIpc) is 2.63. The Morgan fingerprint density at radius 1 is 1.24 bits per heavy atom. The summed E-state index contributed by atoms with van der Waals surface area (Å²) in [5.41, 5.74) is 1.34. The van der Waals surface area contributed by atoms with Crippen LogP contribution in [0.5, 0.6) is 0 Å². The van der Waals surface area contributed by atoms with E-state index in [0.29, 0.717) is 17.0 Å². The Morgan fingerprint density at radius 3 is 2.62 bits per heavy atom. The highest BCUT2D eigenvalue weighted by atomic mass is 35.5. The van der Waals surface area contributed by atoms with Crippen LogP contribution in [0.15, 0.2) is 18.2 Å². The van der Waals surface area contributed by atoms with Crippen molar-refractivity contribution in [1.29, 1.82) is 0 Å². The monoisotopic (exact) mass is 309 g/mol. The molecule has 2 N–H and O–H groups in total. The first-order valence-corrected chi connectivity index (χ1v) is 7.66. The summed E-state index contributed by atoms with van der Waals surface area (Å²) in [6.07, 6.45) is 4.23. The number of rotatable bonds is 3. The maximum atomic E-state index is 12.4. The molecule has 0 saturated heterocycles. The molecule has 1 aromatic carbocycles. The summed E-state index contributed by atoms with van der Waals surface area (Å²) in [6, 6.07) is 4.79. The minimum atomic E-state index is -0.824. The zero-order valence-electron chi connectivity index (χ0n) is 12.1. The van der Waals surface area contributed by atoms with E-state index in [-0.39, 0.29) is 11.9 Å². The second-order valence-electron chi connectivity index (χ2n) is 5.62. The summed E-state index contributed by atoms with van der Waals surface area (Å²) in [7, 11) is 0. The van der Waals surface area contributed by atoms with Gasteiger partial charge in [-0.05, 0) is 43.5 Å². The molecule has 21 heavy (non-hydrogen) atoms. The standard InChI is InChI=1S/C16H20ClNO3/c1-10-9-11(17)7-8-12(10)15(19)18-14-6-4-2-3-5-13(14)16(20)21/h7-9,13-14H,2-6H2,1H3,(H,18,19)(H,20,21)/t13-,14+/m1/s1. The van der Waals surface area contributed by atoms with Crippen LogP contribution in [0.1, 0.15) is 48.0 Å². The highest BCUT2D eigenvalue weighted by molar-refractivity contribution is 6.30. The summed E-state index contributed by atoms with van der Waals surface area (Å²) in [6.45, 7) is 1.82. The topological polar surface area (TPSA) is 66.4 Å². The SMILES string of the molecule is Cc1cc(Cl)ccc1C(=O)N[C@H]1CCCCC[C@H]1C(=O)O. The van der Waals surface area contributed by atoms with Crippen LogP contribution in [-0.2, 0) is 4.79 Å². The third-order valence-corrected chi connectivity index (χ3v) is 4.32. The number of benzene rings is 1. The number of aryl methyl sites for hydroxylation is 1. The Kier molecular flexibility index (Phi) is 5.23. The zero-order valence-corrected chi connectivity index (χ0v) is 12.8.